The van der Waals surface area contributed by atoms with E-state index in [2.05, 4.69) is 22.3 Å². The molecule has 1 unspecified atom stereocenters. The smallest absolute Gasteiger partial charge is 0.354 e. The van der Waals surface area contributed by atoms with Gasteiger partial charge in [-0.2, -0.15) is 13.2 Å². The van der Waals surface area contributed by atoms with E-state index in [1.165, 1.54) is 11.1 Å². The molecule has 3 nitrogen and oxygen atoms in total. The molecule has 1 aromatic carbocycles. The topological polar surface area (TPSA) is 32.3 Å². The van der Waals surface area contributed by atoms with Crippen LogP contribution < -0.4 is 5.32 Å². The summed E-state index contributed by atoms with van der Waals surface area (Å²) in [5, 5.41) is 2.36. The molecule has 6 heteroatoms. The second-order valence-corrected chi connectivity index (χ2v) is 5.43. The lowest BCUT2D eigenvalue weighted by atomic mass is 9.99. The molecule has 0 spiro atoms. The summed E-state index contributed by atoms with van der Waals surface area (Å²) in [7, 11) is 0. The molecule has 2 rings (SSSR count). The molecule has 0 bridgehead atoms. The van der Waals surface area contributed by atoms with E-state index in [-0.39, 0.29) is 12.6 Å². The maximum Gasteiger partial charge on any atom is 0.397 e. The highest BCUT2D eigenvalue weighted by Gasteiger charge is 2.31. The molecule has 0 aliphatic carbocycles. The first-order valence-corrected chi connectivity index (χ1v) is 6.99. The van der Waals surface area contributed by atoms with Crippen LogP contribution in [0.15, 0.2) is 24.3 Å². The highest BCUT2D eigenvalue weighted by atomic mass is 19.4. The number of nitrogens with one attached hydrogen (secondary N) is 1. The van der Waals surface area contributed by atoms with Crippen molar-refractivity contribution in [2.75, 3.05) is 13.1 Å². The fraction of sp³-hybridized carbons (Fsp3) is 0.533. The minimum atomic E-state index is -4.45. The Labute approximate surface area is 122 Å². The normalized spacial score (nSPS) is 17.1. The van der Waals surface area contributed by atoms with Gasteiger partial charge in [0.1, 0.15) is 6.42 Å². The van der Waals surface area contributed by atoms with Crippen molar-refractivity contribution >= 4 is 5.91 Å². The van der Waals surface area contributed by atoms with Crippen LogP contribution in [0.4, 0.5) is 13.2 Å². The molecular weight excluding hydrogens is 281 g/mol. The van der Waals surface area contributed by atoms with Crippen LogP contribution in [0.3, 0.4) is 0 Å². The third kappa shape index (κ3) is 4.74. The van der Waals surface area contributed by atoms with Crippen LogP contribution in [0, 0.1) is 0 Å². The predicted molar refractivity (Wildman–Crippen MR) is 73.7 cm³/mol. The molecule has 1 heterocycles. The van der Waals surface area contributed by atoms with E-state index < -0.39 is 18.5 Å². The fourth-order valence-corrected chi connectivity index (χ4v) is 2.53. The van der Waals surface area contributed by atoms with Gasteiger partial charge in [0.15, 0.2) is 0 Å². The molecule has 1 aliphatic rings. The first-order valence-electron chi connectivity index (χ1n) is 6.99. The van der Waals surface area contributed by atoms with E-state index in [9.17, 15) is 18.0 Å². The van der Waals surface area contributed by atoms with Gasteiger partial charge in [0.25, 0.3) is 0 Å². The Kier molecular flexibility index (Phi) is 4.88. The Balaban J connectivity index is 1.82. The standard InChI is InChI=1S/C15H19F3N2O/c1-11(9-19-14(21)8-15(16,17)18)20-7-6-12-4-2-3-5-13(12)10-20/h2-5,11H,6-10H2,1H3,(H,19,21). The number of rotatable bonds is 4. The summed E-state index contributed by atoms with van der Waals surface area (Å²) in [6.45, 7) is 3.78. The molecule has 1 aromatic rings. The van der Waals surface area contributed by atoms with Gasteiger partial charge in [0.05, 0.1) is 0 Å². The maximum absolute atomic E-state index is 12.1. The molecule has 0 radical (unpaired) electrons. The van der Waals surface area contributed by atoms with Gasteiger partial charge in [-0.25, -0.2) is 0 Å². The first kappa shape index (κ1) is 15.8. The highest BCUT2D eigenvalue weighted by molar-refractivity contribution is 5.76. The SMILES string of the molecule is CC(CNC(=O)CC(F)(F)F)N1CCc2ccccc2C1. The third-order valence-electron chi connectivity index (χ3n) is 3.74. The van der Waals surface area contributed by atoms with Crippen LogP contribution in [-0.4, -0.2) is 36.1 Å². The van der Waals surface area contributed by atoms with Gasteiger partial charge in [-0.15, -0.1) is 0 Å². The van der Waals surface area contributed by atoms with E-state index in [1.54, 1.807) is 0 Å². The van der Waals surface area contributed by atoms with Crippen LogP contribution in [0.25, 0.3) is 0 Å². The Hall–Kier alpha value is -1.56. The summed E-state index contributed by atoms with van der Waals surface area (Å²) in [5.74, 6) is -0.966. The summed E-state index contributed by atoms with van der Waals surface area (Å²) >= 11 is 0. The number of carbonyl (C=O) groups excluding carboxylic acids is 1. The van der Waals surface area contributed by atoms with Crippen molar-refractivity contribution in [2.45, 2.75) is 38.5 Å². The second-order valence-electron chi connectivity index (χ2n) is 5.43. The predicted octanol–water partition coefficient (Wildman–Crippen LogP) is 2.50. The number of nitrogens with zero attached hydrogens (tertiary/aromatic N) is 1. The molecule has 116 valence electrons. The largest absolute Gasteiger partial charge is 0.397 e. The van der Waals surface area contributed by atoms with E-state index in [0.717, 1.165) is 19.5 Å². The van der Waals surface area contributed by atoms with Crippen molar-refractivity contribution in [2.24, 2.45) is 0 Å². The molecule has 21 heavy (non-hydrogen) atoms. The van der Waals surface area contributed by atoms with Gasteiger partial charge in [0, 0.05) is 25.7 Å². The number of amides is 1. The minimum Gasteiger partial charge on any atom is -0.354 e. The molecule has 0 saturated heterocycles. The fourth-order valence-electron chi connectivity index (χ4n) is 2.53. The Morgan fingerprint density at radius 1 is 1.33 bits per heavy atom. The Morgan fingerprint density at radius 3 is 2.67 bits per heavy atom. The zero-order chi connectivity index (χ0) is 15.5. The zero-order valence-corrected chi connectivity index (χ0v) is 11.9. The van der Waals surface area contributed by atoms with Gasteiger partial charge in [-0.05, 0) is 24.5 Å². The van der Waals surface area contributed by atoms with Crippen molar-refractivity contribution in [1.29, 1.82) is 0 Å². The molecule has 1 aliphatic heterocycles. The van der Waals surface area contributed by atoms with Crippen molar-refractivity contribution in [3.05, 3.63) is 35.4 Å². The van der Waals surface area contributed by atoms with Crippen molar-refractivity contribution < 1.29 is 18.0 Å². The summed E-state index contributed by atoms with van der Waals surface area (Å²) in [5.41, 5.74) is 2.57. The maximum atomic E-state index is 12.1. The van der Waals surface area contributed by atoms with E-state index in [0.29, 0.717) is 0 Å². The second kappa shape index (κ2) is 6.47. The quantitative estimate of drug-likeness (QED) is 0.926. The number of carbonyl (C=O) groups is 1. The van der Waals surface area contributed by atoms with Crippen molar-refractivity contribution in [1.82, 2.24) is 10.2 Å². The molecule has 0 aromatic heterocycles. The summed E-state index contributed by atoms with van der Waals surface area (Å²) in [6.07, 6.45) is -4.93. The van der Waals surface area contributed by atoms with Crippen LogP contribution >= 0.6 is 0 Å². The van der Waals surface area contributed by atoms with Gasteiger partial charge >= 0.3 is 6.18 Å². The van der Waals surface area contributed by atoms with Gasteiger partial charge in [-0.3, -0.25) is 9.69 Å². The van der Waals surface area contributed by atoms with Crippen LogP contribution in [0.1, 0.15) is 24.5 Å². The monoisotopic (exact) mass is 300 g/mol. The van der Waals surface area contributed by atoms with Gasteiger partial charge in [-0.1, -0.05) is 24.3 Å². The number of fused-ring (bicyclic) bond motifs is 1. The van der Waals surface area contributed by atoms with Crippen LogP contribution in [-0.2, 0) is 17.8 Å². The average molecular weight is 300 g/mol. The number of benzene rings is 1. The molecular formula is C15H19F3N2O. The first-order chi connectivity index (χ1) is 9.85. The van der Waals surface area contributed by atoms with Crippen molar-refractivity contribution in [3.63, 3.8) is 0 Å². The summed E-state index contributed by atoms with van der Waals surface area (Å²) in [6, 6.07) is 8.17. The van der Waals surface area contributed by atoms with Gasteiger partial charge < -0.3 is 5.32 Å². The number of hydrogen-bond acceptors (Lipinski definition) is 2. The molecule has 1 N–H and O–H groups in total. The zero-order valence-electron chi connectivity index (χ0n) is 11.9. The minimum absolute atomic E-state index is 0.00976. The molecule has 1 atom stereocenters. The number of alkyl halides is 3. The number of halogens is 3. The van der Waals surface area contributed by atoms with Gasteiger partial charge in [0.2, 0.25) is 5.91 Å². The summed E-state index contributed by atoms with van der Waals surface area (Å²) in [4.78, 5) is 13.4. The van der Waals surface area contributed by atoms with Crippen LogP contribution in [0.5, 0.6) is 0 Å². The Morgan fingerprint density at radius 2 is 2.00 bits per heavy atom. The lowest BCUT2D eigenvalue weighted by Gasteiger charge is -2.33. The van der Waals surface area contributed by atoms with E-state index >= 15 is 0 Å². The number of hydrogen-bond donors (Lipinski definition) is 1. The Bertz CT molecular complexity index is 502. The van der Waals surface area contributed by atoms with Crippen LogP contribution in [0.2, 0.25) is 0 Å². The third-order valence-corrected chi connectivity index (χ3v) is 3.74. The molecule has 0 fully saturated rings. The highest BCUT2D eigenvalue weighted by Crippen LogP contribution is 2.21. The van der Waals surface area contributed by atoms with Crippen molar-refractivity contribution in [3.8, 4) is 0 Å². The van der Waals surface area contributed by atoms with E-state index in [1.807, 2.05) is 19.1 Å². The lowest BCUT2D eigenvalue weighted by molar-refractivity contribution is -0.153. The average Bonchev–Trinajstić information content (AvgIpc) is 2.42. The molecule has 1 amide bonds. The van der Waals surface area contributed by atoms with E-state index in [4.69, 9.17) is 0 Å². The lowest BCUT2D eigenvalue weighted by Crippen LogP contribution is -2.44. The summed E-state index contributed by atoms with van der Waals surface area (Å²) < 4.78 is 36.2. The molecule has 0 saturated carbocycles.